The van der Waals surface area contributed by atoms with Crippen molar-refractivity contribution in [3.05, 3.63) is 23.0 Å². The van der Waals surface area contributed by atoms with Crippen LogP contribution in [0.5, 0.6) is 0 Å². The maximum Gasteiger partial charge on any atom is 0.256 e. The topological polar surface area (TPSA) is 79.5 Å². The molecular weight excluding hydrogens is 242 g/mol. The van der Waals surface area contributed by atoms with Crippen LogP contribution in [0, 0.1) is 0 Å². The molecule has 3 N–H and O–H groups in total. The van der Waals surface area contributed by atoms with Crippen LogP contribution in [0.25, 0.3) is 0 Å². The van der Waals surface area contributed by atoms with Crippen LogP contribution in [0.2, 0.25) is 5.15 Å². The number of hydrogen-bond donors (Lipinski definition) is 2. The molecule has 0 radical (unpaired) electrons. The molecular formula is C11H14ClN3O2. The van der Waals surface area contributed by atoms with Crippen LogP contribution in [0.1, 0.15) is 23.2 Å². The number of hydrogen-bond acceptors (Lipinski definition) is 4. The second kappa shape index (κ2) is 4.89. The van der Waals surface area contributed by atoms with E-state index in [0.29, 0.717) is 24.3 Å². The number of nitrogens with zero attached hydrogens (tertiary/aromatic N) is 2. The number of anilines is 1. The SMILES string of the molecule is Nc1cnc(Cl)cc1C(=O)N1CCCC(O)C1. The van der Waals surface area contributed by atoms with Gasteiger partial charge in [0.25, 0.3) is 5.91 Å². The fourth-order valence-electron chi connectivity index (χ4n) is 1.94. The van der Waals surface area contributed by atoms with Gasteiger partial charge in [-0.25, -0.2) is 4.98 Å². The number of nitrogen functional groups attached to an aromatic ring is 1. The van der Waals surface area contributed by atoms with Crippen molar-refractivity contribution >= 4 is 23.2 Å². The number of β-amino-alcohol motifs (C(OH)–C–C–N with tert-alkyl or cyclic N) is 1. The highest BCUT2D eigenvalue weighted by Gasteiger charge is 2.24. The third-order valence-electron chi connectivity index (χ3n) is 2.82. The first kappa shape index (κ1) is 12.1. The van der Waals surface area contributed by atoms with Crippen LogP contribution in [0.3, 0.4) is 0 Å². The molecule has 1 saturated heterocycles. The van der Waals surface area contributed by atoms with E-state index in [-0.39, 0.29) is 11.1 Å². The summed E-state index contributed by atoms with van der Waals surface area (Å²) in [5.41, 5.74) is 6.35. The fraction of sp³-hybridized carbons (Fsp3) is 0.455. The van der Waals surface area contributed by atoms with Gasteiger partial charge >= 0.3 is 0 Å². The van der Waals surface area contributed by atoms with Crippen molar-refractivity contribution in [2.45, 2.75) is 18.9 Å². The lowest BCUT2D eigenvalue weighted by Gasteiger charge is -2.30. The lowest BCUT2D eigenvalue weighted by molar-refractivity contribution is 0.0474. The molecule has 0 bridgehead atoms. The smallest absolute Gasteiger partial charge is 0.256 e. The number of aliphatic hydroxyl groups is 1. The van der Waals surface area contributed by atoms with Crippen molar-refractivity contribution in [2.75, 3.05) is 18.8 Å². The van der Waals surface area contributed by atoms with Gasteiger partial charge in [0, 0.05) is 13.1 Å². The molecule has 1 amide bonds. The Balaban J connectivity index is 2.21. The number of piperidine rings is 1. The van der Waals surface area contributed by atoms with E-state index in [1.807, 2.05) is 0 Å². The van der Waals surface area contributed by atoms with E-state index in [4.69, 9.17) is 17.3 Å². The van der Waals surface area contributed by atoms with Crippen molar-refractivity contribution in [3.8, 4) is 0 Å². The lowest BCUT2D eigenvalue weighted by Crippen LogP contribution is -2.42. The molecule has 1 aliphatic heterocycles. The first-order valence-corrected chi connectivity index (χ1v) is 5.84. The van der Waals surface area contributed by atoms with Crippen LogP contribution in [-0.4, -0.2) is 40.1 Å². The molecule has 1 aromatic heterocycles. The molecule has 17 heavy (non-hydrogen) atoms. The average molecular weight is 256 g/mol. The van der Waals surface area contributed by atoms with Crippen LogP contribution < -0.4 is 5.73 Å². The Kier molecular flexibility index (Phi) is 3.49. The van der Waals surface area contributed by atoms with Gasteiger partial charge in [-0.1, -0.05) is 11.6 Å². The minimum atomic E-state index is -0.453. The average Bonchev–Trinajstić information content (AvgIpc) is 2.31. The summed E-state index contributed by atoms with van der Waals surface area (Å²) in [5, 5.41) is 9.77. The van der Waals surface area contributed by atoms with Gasteiger partial charge in [-0.2, -0.15) is 0 Å². The molecule has 2 rings (SSSR count). The van der Waals surface area contributed by atoms with Crippen LogP contribution in [0.15, 0.2) is 12.3 Å². The molecule has 0 aromatic carbocycles. The number of likely N-dealkylation sites (tertiary alicyclic amines) is 1. The number of carbonyl (C=O) groups is 1. The highest BCUT2D eigenvalue weighted by atomic mass is 35.5. The summed E-state index contributed by atoms with van der Waals surface area (Å²) in [7, 11) is 0. The number of nitrogens with two attached hydrogens (primary N) is 1. The minimum Gasteiger partial charge on any atom is -0.397 e. The predicted molar refractivity (Wildman–Crippen MR) is 64.8 cm³/mol. The highest BCUT2D eigenvalue weighted by molar-refractivity contribution is 6.29. The molecule has 0 spiro atoms. The van der Waals surface area contributed by atoms with Gasteiger partial charge in [0.1, 0.15) is 5.15 Å². The van der Waals surface area contributed by atoms with Crippen LogP contribution in [-0.2, 0) is 0 Å². The Morgan fingerprint density at radius 2 is 2.41 bits per heavy atom. The molecule has 2 heterocycles. The number of amides is 1. The maximum absolute atomic E-state index is 12.2. The zero-order chi connectivity index (χ0) is 12.4. The van der Waals surface area contributed by atoms with Gasteiger partial charge in [0.15, 0.2) is 0 Å². The fourth-order valence-corrected chi connectivity index (χ4v) is 2.09. The highest BCUT2D eigenvalue weighted by Crippen LogP contribution is 2.19. The van der Waals surface area contributed by atoms with E-state index in [2.05, 4.69) is 4.98 Å². The van der Waals surface area contributed by atoms with Gasteiger partial charge in [-0.15, -0.1) is 0 Å². The lowest BCUT2D eigenvalue weighted by atomic mass is 10.1. The van der Waals surface area contributed by atoms with Crippen molar-refractivity contribution < 1.29 is 9.90 Å². The van der Waals surface area contributed by atoms with Crippen molar-refractivity contribution in [1.82, 2.24) is 9.88 Å². The molecule has 5 nitrogen and oxygen atoms in total. The summed E-state index contributed by atoms with van der Waals surface area (Å²) < 4.78 is 0. The third-order valence-corrected chi connectivity index (χ3v) is 3.02. The number of aliphatic hydroxyl groups excluding tert-OH is 1. The number of aromatic nitrogens is 1. The molecule has 0 aliphatic carbocycles. The normalized spacial score (nSPS) is 20.4. The quantitative estimate of drug-likeness (QED) is 0.731. The summed E-state index contributed by atoms with van der Waals surface area (Å²) in [6.45, 7) is 0.980. The minimum absolute atomic E-state index is 0.203. The molecule has 0 saturated carbocycles. The van der Waals surface area contributed by atoms with Crippen molar-refractivity contribution in [3.63, 3.8) is 0 Å². The molecule has 1 atom stereocenters. The largest absolute Gasteiger partial charge is 0.397 e. The van der Waals surface area contributed by atoms with E-state index < -0.39 is 6.10 Å². The third kappa shape index (κ3) is 2.68. The molecule has 1 aromatic rings. The van der Waals surface area contributed by atoms with Gasteiger partial charge in [-0.3, -0.25) is 4.79 Å². The van der Waals surface area contributed by atoms with Gasteiger partial charge in [0.2, 0.25) is 0 Å². The number of rotatable bonds is 1. The summed E-state index contributed by atoms with van der Waals surface area (Å²) in [6, 6.07) is 1.46. The first-order valence-electron chi connectivity index (χ1n) is 5.46. The van der Waals surface area contributed by atoms with Crippen LogP contribution in [0.4, 0.5) is 5.69 Å². The Labute approximate surface area is 104 Å². The van der Waals surface area contributed by atoms with Crippen molar-refractivity contribution in [2.24, 2.45) is 0 Å². The molecule has 1 unspecified atom stereocenters. The summed E-state index contributed by atoms with van der Waals surface area (Å²) in [4.78, 5) is 17.6. The van der Waals surface area contributed by atoms with Gasteiger partial charge in [-0.05, 0) is 18.9 Å². The Hall–Kier alpha value is -1.33. The molecule has 92 valence electrons. The van der Waals surface area contributed by atoms with E-state index in [0.717, 1.165) is 12.8 Å². The Bertz CT molecular complexity index is 439. The second-order valence-corrected chi connectivity index (χ2v) is 4.53. The standard InChI is InChI=1S/C11H14ClN3O2/c12-10-4-8(9(13)5-14-10)11(17)15-3-1-2-7(16)6-15/h4-5,7,16H,1-3,6,13H2. The molecule has 1 aliphatic rings. The summed E-state index contributed by atoms with van der Waals surface area (Å²) in [5.74, 6) is -0.203. The number of pyridine rings is 1. The second-order valence-electron chi connectivity index (χ2n) is 4.14. The molecule has 6 heteroatoms. The van der Waals surface area contributed by atoms with Gasteiger partial charge in [0.05, 0.1) is 23.6 Å². The first-order chi connectivity index (χ1) is 8.08. The van der Waals surface area contributed by atoms with E-state index in [1.54, 1.807) is 4.90 Å². The predicted octanol–water partition coefficient (Wildman–Crippen LogP) is 0.914. The monoisotopic (exact) mass is 255 g/mol. The zero-order valence-electron chi connectivity index (χ0n) is 9.27. The number of carbonyl (C=O) groups excluding carboxylic acids is 1. The van der Waals surface area contributed by atoms with Crippen molar-refractivity contribution in [1.29, 1.82) is 0 Å². The Morgan fingerprint density at radius 1 is 1.65 bits per heavy atom. The summed E-state index contributed by atoms with van der Waals surface area (Å²) in [6.07, 6.45) is 2.45. The summed E-state index contributed by atoms with van der Waals surface area (Å²) >= 11 is 5.74. The number of halogens is 1. The maximum atomic E-state index is 12.2. The molecule has 1 fully saturated rings. The van der Waals surface area contributed by atoms with Crippen LogP contribution >= 0.6 is 11.6 Å². The zero-order valence-corrected chi connectivity index (χ0v) is 10.0. The van der Waals surface area contributed by atoms with E-state index >= 15 is 0 Å². The van der Waals surface area contributed by atoms with E-state index in [1.165, 1.54) is 12.3 Å². The Morgan fingerprint density at radius 3 is 3.12 bits per heavy atom. The van der Waals surface area contributed by atoms with Gasteiger partial charge < -0.3 is 15.7 Å². The van der Waals surface area contributed by atoms with E-state index in [9.17, 15) is 9.90 Å².